The molecule has 2 aromatic rings. The second-order valence-electron chi connectivity index (χ2n) is 3.89. The number of pyridine rings is 1. The summed E-state index contributed by atoms with van der Waals surface area (Å²) >= 11 is 5.75. The third-order valence-electron chi connectivity index (χ3n) is 2.47. The Balaban J connectivity index is 1.99. The van der Waals surface area contributed by atoms with E-state index in [1.54, 1.807) is 18.3 Å². The lowest BCUT2D eigenvalue weighted by Crippen LogP contribution is -1.90. The van der Waals surface area contributed by atoms with E-state index in [-0.39, 0.29) is 6.61 Å². The lowest BCUT2D eigenvalue weighted by atomic mass is 10.1. The maximum Gasteiger partial charge on any atom is 0.219 e. The highest BCUT2D eigenvalue weighted by Gasteiger charge is 1.99. The van der Waals surface area contributed by atoms with Crippen LogP contribution in [-0.2, 0) is 6.42 Å². The van der Waals surface area contributed by atoms with E-state index in [0.29, 0.717) is 10.9 Å². The first-order valence-electron chi connectivity index (χ1n) is 5.77. The van der Waals surface area contributed by atoms with E-state index in [1.807, 2.05) is 24.3 Å². The van der Waals surface area contributed by atoms with E-state index in [0.717, 1.165) is 18.6 Å². The smallest absolute Gasteiger partial charge is 0.219 e. The normalized spacial score (nSPS) is 10.3. The number of aryl methyl sites for hydroxylation is 1. The summed E-state index contributed by atoms with van der Waals surface area (Å²) in [6, 6.07) is 11.2. The van der Waals surface area contributed by atoms with Crippen LogP contribution in [-0.4, -0.2) is 16.7 Å². The van der Waals surface area contributed by atoms with Gasteiger partial charge in [0.05, 0.1) is 5.02 Å². The molecule has 0 saturated heterocycles. The fourth-order valence-electron chi connectivity index (χ4n) is 1.55. The topological polar surface area (TPSA) is 42.4 Å². The Morgan fingerprint density at radius 1 is 1.11 bits per heavy atom. The van der Waals surface area contributed by atoms with E-state index < -0.39 is 0 Å². The molecule has 0 atom stereocenters. The van der Waals surface area contributed by atoms with Gasteiger partial charge < -0.3 is 9.84 Å². The van der Waals surface area contributed by atoms with Crippen molar-refractivity contribution in [3.8, 4) is 11.6 Å². The van der Waals surface area contributed by atoms with Crippen molar-refractivity contribution in [1.82, 2.24) is 4.98 Å². The van der Waals surface area contributed by atoms with Gasteiger partial charge in [-0.05, 0) is 36.6 Å². The number of ether oxygens (including phenoxy) is 1. The van der Waals surface area contributed by atoms with Gasteiger partial charge in [-0.15, -0.1) is 0 Å². The first-order valence-corrected chi connectivity index (χ1v) is 6.15. The van der Waals surface area contributed by atoms with Crippen LogP contribution in [0.4, 0.5) is 0 Å². The Labute approximate surface area is 111 Å². The fraction of sp³-hybridized carbons (Fsp3) is 0.214. The van der Waals surface area contributed by atoms with Gasteiger partial charge in [0.15, 0.2) is 0 Å². The molecule has 1 N–H and O–H groups in total. The van der Waals surface area contributed by atoms with Crippen LogP contribution in [0.5, 0.6) is 11.6 Å². The molecule has 1 aromatic carbocycles. The van der Waals surface area contributed by atoms with Crippen molar-refractivity contribution in [2.45, 2.75) is 12.8 Å². The van der Waals surface area contributed by atoms with Gasteiger partial charge >= 0.3 is 0 Å². The second-order valence-corrected chi connectivity index (χ2v) is 4.32. The third kappa shape index (κ3) is 3.72. The predicted molar refractivity (Wildman–Crippen MR) is 71.2 cm³/mol. The monoisotopic (exact) mass is 263 g/mol. The molecule has 0 aliphatic carbocycles. The molecule has 0 bridgehead atoms. The van der Waals surface area contributed by atoms with Crippen LogP contribution < -0.4 is 4.74 Å². The molecule has 0 aliphatic heterocycles. The minimum Gasteiger partial charge on any atom is -0.439 e. The number of halogens is 1. The van der Waals surface area contributed by atoms with Crippen molar-refractivity contribution in [2.24, 2.45) is 0 Å². The predicted octanol–water partition coefficient (Wildman–Crippen LogP) is 3.45. The standard InChI is InChI=1S/C14H14ClNO2/c15-12-5-8-14(16-10-12)18-13-6-3-11(4-7-13)2-1-9-17/h3-8,10,17H,1-2,9H2. The van der Waals surface area contributed by atoms with Gasteiger partial charge in [0.2, 0.25) is 5.88 Å². The van der Waals surface area contributed by atoms with Gasteiger partial charge in [-0.2, -0.15) is 0 Å². The SMILES string of the molecule is OCCCc1ccc(Oc2ccc(Cl)cn2)cc1. The lowest BCUT2D eigenvalue weighted by molar-refractivity contribution is 0.288. The molecule has 3 nitrogen and oxygen atoms in total. The summed E-state index contributed by atoms with van der Waals surface area (Å²) in [4.78, 5) is 4.06. The maximum absolute atomic E-state index is 8.76. The summed E-state index contributed by atoms with van der Waals surface area (Å²) < 4.78 is 5.57. The quantitative estimate of drug-likeness (QED) is 0.898. The molecule has 0 spiro atoms. The van der Waals surface area contributed by atoms with Crippen LogP contribution in [0.2, 0.25) is 5.02 Å². The van der Waals surface area contributed by atoms with Crippen LogP contribution in [0.25, 0.3) is 0 Å². The largest absolute Gasteiger partial charge is 0.439 e. The first kappa shape index (κ1) is 12.9. The minimum absolute atomic E-state index is 0.215. The number of benzene rings is 1. The molecular formula is C14H14ClNO2. The van der Waals surface area contributed by atoms with Gasteiger partial charge in [0.1, 0.15) is 5.75 Å². The van der Waals surface area contributed by atoms with Gasteiger partial charge in [-0.25, -0.2) is 4.98 Å². The van der Waals surface area contributed by atoms with Gasteiger partial charge in [0, 0.05) is 18.9 Å². The highest BCUT2D eigenvalue weighted by atomic mass is 35.5. The zero-order valence-corrected chi connectivity index (χ0v) is 10.6. The Bertz CT molecular complexity index is 482. The zero-order chi connectivity index (χ0) is 12.8. The van der Waals surface area contributed by atoms with Crippen molar-refractivity contribution < 1.29 is 9.84 Å². The molecule has 0 saturated carbocycles. The molecule has 1 heterocycles. The molecule has 0 amide bonds. The van der Waals surface area contributed by atoms with Gasteiger partial charge in [-0.3, -0.25) is 0 Å². The molecule has 4 heteroatoms. The number of nitrogens with zero attached hydrogens (tertiary/aromatic N) is 1. The van der Waals surface area contributed by atoms with Gasteiger partial charge in [-0.1, -0.05) is 23.7 Å². The Morgan fingerprint density at radius 2 is 1.89 bits per heavy atom. The number of hydrogen-bond acceptors (Lipinski definition) is 3. The number of aliphatic hydroxyl groups excluding tert-OH is 1. The summed E-state index contributed by atoms with van der Waals surface area (Å²) in [6.07, 6.45) is 3.20. The molecule has 0 unspecified atom stereocenters. The number of aromatic nitrogens is 1. The summed E-state index contributed by atoms with van der Waals surface area (Å²) in [5.74, 6) is 1.25. The summed E-state index contributed by atoms with van der Waals surface area (Å²) in [7, 11) is 0. The van der Waals surface area contributed by atoms with E-state index in [2.05, 4.69) is 4.98 Å². The van der Waals surface area contributed by atoms with E-state index in [9.17, 15) is 0 Å². The molecule has 2 rings (SSSR count). The van der Waals surface area contributed by atoms with Crippen molar-refractivity contribution in [3.63, 3.8) is 0 Å². The second kappa shape index (κ2) is 6.38. The lowest BCUT2D eigenvalue weighted by Gasteiger charge is -2.05. The van der Waals surface area contributed by atoms with Crippen LogP contribution in [0, 0.1) is 0 Å². The van der Waals surface area contributed by atoms with Crippen LogP contribution in [0.3, 0.4) is 0 Å². The average molecular weight is 264 g/mol. The zero-order valence-electron chi connectivity index (χ0n) is 9.84. The molecular weight excluding hydrogens is 250 g/mol. The molecule has 0 radical (unpaired) electrons. The number of aliphatic hydroxyl groups is 1. The highest BCUT2D eigenvalue weighted by molar-refractivity contribution is 6.30. The van der Waals surface area contributed by atoms with Gasteiger partial charge in [0.25, 0.3) is 0 Å². The molecule has 0 aliphatic rings. The summed E-state index contributed by atoms with van der Waals surface area (Å²) in [5, 5.41) is 9.34. The molecule has 1 aromatic heterocycles. The maximum atomic E-state index is 8.76. The summed E-state index contributed by atoms with van der Waals surface area (Å²) in [6.45, 7) is 0.215. The van der Waals surface area contributed by atoms with E-state index in [1.165, 1.54) is 5.56 Å². The Morgan fingerprint density at radius 3 is 2.50 bits per heavy atom. The Kier molecular flexibility index (Phi) is 4.56. The summed E-state index contributed by atoms with van der Waals surface area (Å²) in [5.41, 5.74) is 1.18. The average Bonchev–Trinajstić information content (AvgIpc) is 2.41. The third-order valence-corrected chi connectivity index (χ3v) is 2.69. The molecule has 18 heavy (non-hydrogen) atoms. The van der Waals surface area contributed by atoms with Crippen molar-refractivity contribution >= 4 is 11.6 Å². The van der Waals surface area contributed by atoms with Crippen molar-refractivity contribution in [2.75, 3.05) is 6.61 Å². The first-order chi connectivity index (χ1) is 8.78. The molecule has 94 valence electrons. The highest BCUT2D eigenvalue weighted by Crippen LogP contribution is 2.21. The van der Waals surface area contributed by atoms with E-state index >= 15 is 0 Å². The van der Waals surface area contributed by atoms with Crippen LogP contribution >= 0.6 is 11.6 Å². The fourth-order valence-corrected chi connectivity index (χ4v) is 1.66. The Hall–Kier alpha value is -1.58. The van der Waals surface area contributed by atoms with Crippen molar-refractivity contribution in [1.29, 1.82) is 0 Å². The van der Waals surface area contributed by atoms with E-state index in [4.69, 9.17) is 21.4 Å². The number of hydrogen-bond donors (Lipinski definition) is 1. The van der Waals surface area contributed by atoms with Crippen LogP contribution in [0.15, 0.2) is 42.6 Å². The number of rotatable bonds is 5. The van der Waals surface area contributed by atoms with Crippen molar-refractivity contribution in [3.05, 3.63) is 53.2 Å². The van der Waals surface area contributed by atoms with Crippen LogP contribution in [0.1, 0.15) is 12.0 Å². The minimum atomic E-state index is 0.215. The molecule has 0 fully saturated rings.